The lowest BCUT2D eigenvalue weighted by atomic mass is 10.1. The maximum Gasteiger partial charge on any atom is 0.253 e. The van der Waals surface area contributed by atoms with E-state index in [-0.39, 0.29) is 11.3 Å². The molecule has 1 aliphatic heterocycles. The van der Waals surface area contributed by atoms with E-state index >= 15 is 0 Å². The van der Waals surface area contributed by atoms with E-state index in [1.54, 1.807) is 17.9 Å². The Labute approximate surface area is 137 Å². The van der Waals surface area contributed by atoms with Crippen molar-refractivity contribution in [3.05, 3.63) is 28.0 Å². The third-order valence-electron chi connectivity index (χ3n) is 3.62. The molecule has 1 fully saturated rings. The van der Waals surface area contributed by atoms with Crippen LogP contribution in [0.15, 0.2) is 16.6 Å². The van der Waals surface area contributed by atoms with Gasteiger partial charge in [-0.15, -0.1) is 0 Å². The molecule has 1 heterocycles. The molecule has 1 saturated heterocycles. The first kappa shape index (κ1) is 17.2. The largest absolute Gasteiger partial charge is 0.368 e. The summed E-state index contributed by atoms with van der Waals surface area (Å²) in [7, 11) is -3.24. The van der Waals surface area contributed by atoms with Gasteiger partial charge in [0.05, 0.1) is 17.0 Å². The summed E-state index contributed by atoms with van der Waals surface area (Å²) in [6.45, 7) is 2.92. The SMILES string of the molecule is CCS(=O)(=O)N1CCN(c2cc(Br)cc(F)c2C(N)=O)CC1. The van der Waals surface area contributed by atoms with Gasteiger partial charge in [0.1, 0.15) is 5.82 Å². The molecule has 0 aromatic heterocycles. The third-order valence-corrected chi connectivity index (χ3v) is 5.96. The summed E-state index contributed by atoms with van der Waals surface area (Å²) in [5.74, 6) is -1.49. The van der Waals surface area contributed by atoms with Gasteiger partial charge >= 0.3 is 0 Å². The van der Waals surface area contributed by atoms with Crippen LogP contribution >= 0.6 is 15.9 Å². The maximum absolute atomic E-state index is 14.0. The Morgan fingerprint density at radius 2 is 1.91 bits per heavy atom. The predicted molar refractivity (Wildman–Crippen MR) is 85.9 cm³/mol. The number of rotatable bonds is 4. The number of carbonyl (C=O) groups is 1. The molecule has 0 bridgehead atoms. The van der Waals surface area contributed by atoms with Crippen LogP contribution < -0.4 is 10.6 Å². The van der Waals surface area contributed by atoms with Crippen LogP contribution in [0.3, 0.4) is 0 Å². The number of piperazine rings is 1. The monoisotopic (exact) mass is 393 g/mol. The Hall–Kier alpha value is -1.19. The molecule has 0 spiro atoms. The molecule has 2 rings (SSSR count). The van der Waals surface area contributed by atoms with Crippen molar-refractivity contribution in [1.82, 2.24) is 4.31 Å². The molecule has 0 saturated carbocycles. The second-order valence-electron chi connectivity index (χ2n) is 4.93. The summed E-state index contributed by atoms with van der Waals surface area (Å²) in [6.07, 6.45) is 0. The minimum atomic E-state index is -3.24. The van der Waals surface area contributed by atoms with Gasteiger partial charge in [-0.3, -0.25) is 4.79 Å². The van der Waals surface area contributed by atoms with Crippen molar-refractivity contribution < 1.29 is 17.6 Å². The number of primary amides is 1. The minimum absolute atomic E-state index is 0.0467. The number of sulfonamides is 1. The third kappa shape index (κ3) is 3.41. The first-order valence-corrected chi connectivity index (χ1v) is 9.18. The summed E-state index contributed by atoms with van der Waals surface area (Å²) >= 11 is 3.19. The van der Waals surface area contributed by atoms with Crippen molar-refractivity contribution >= 4 is 37.5 Å². The van der Waals surface area contributed by atoms with Crippen molar-refractivity contribution in [1.29, 1.82) is 0 Å². The van der Waals surface area contributed by atoms with Crippen molar-refractivity contribution in [3.8, 4) is 0 Å². The molecule has 6 nitrogen and oxygen atoms in total. The fraction of sp³-hybridized carbons (Fsp3) is 0.462. The topological polar surface area (TPSA) is 83.7 Å². The molecule has 0 radical (unpaired) electrons. The maximum atomic E-state index is 14.0. The summed E-state index contributed by atoms with van der Waals surface area (Å²) in [5.41, 5.74) is 5.47. The highest BCUT2D eigenvalue weighted by atomic mass is 79.9. The zero-order valence-electron chi connectivity index (χ0n) is 12.1. The van der Waals surface area contributed by atoms with Crippen LogP contribution in [0.4, 0.5) is 10.1 Å². The molecule has 9 heteroatoms. The average molecular weight is 394 g/mol. The van der Waals surface area contributed by atoms with E-state index in [9.17, 15) is 17.6 Å². The van der Waals surface area contributed by atoms with Gasteiger partial charge in [-0.2, -0.15) is 4.31 Å². The van der Waals surface area contributed by atoms with E-state index < -0.39 is 21.7 Å². The number of halogens is 2. The summed E-state index contributed by atoms with van der Waals surface area (Å²) in [5, 5.41) is 0. The fourth-order valence-electron chi connectivity index (χ4n) is 2.44. The van der Waals surface area contributed by atoms with E-state index in [2.05, 4.69) is 15.9 Å². The van der Waals surface area contributed by atoms with Gasteiger partial charge in [0, 0.05) is 30.7 Å². The quantitative estimate of drug-likeness (QED) is 0.831. The van der Waals surface area contributed by atoms with Crippen molar-refractivity contribution in [2.24, 2.45) is 5.73 Å². The second-order valence-corrected chi connectivity index (χ2v) is 8.11. The summed E-state index contributed by atoms with van der Waals surface area (Å²) in [6, 6.07) is 2.80. The summed E-state index contributed by atoms with van der Waals surface area (Å²) < 4.78 is 39.6. The molecule has 1 aliphatic rings. The van der Waals surface area contributed by atoms with Gasteiger partial charge in [0.15, 0.2) is 0 Å². The van der Waals surface area contributed by atoms with E-state index in [4.69, 9.17) is 5.73 Å². The van der Waals surface area contributed by atoms with Crippen LogP contribution in [0.2, 0.25) is 0 Å². The number of amides is 1. The van der Waals surface area contributed by atoms with E-state index in [0.717, 1.165) is 0 Å². The number of hydrogen-bond acceptors (Lipinski definition) is 4. The molecule has 0 atom stereocenters. The molecule has 2 N–H and O–H groups in total. The number of nitrogens with zero attached hydrogens (tertiary/aromatic N) is 2. The number of anilines is 1. The highest BCUT2D eigenvalue weighted by Crippen LogP contribution is 2.29. The molecule has 1 aromatic carbocycles. The Morgan fingerprint density at radius 3 is 2.41 bits per heavy atom. The van der Waals surface area contributed by atoms with Crippen molar-refractivity contribution in [2.45, 2.75) is 6.92 Å². The van der Waals surface area contributed by atoms with Crippen LogP contribution in [0.25, 0.3) is 0 Å². The predicted octanol–water partition coefficient (Wildman–Crippen LogP) is 1.16. The standard InChI is InChI=1S/C13H17BrFN3O3S/c1-2-22(20,21)18-5-3-17(4-6-18)11-8-9(14)7-10(15)12(11)13(16)19/h7-8H,2-6H2,1H3,(H2,16,19). The highest BCUT2D eigenvalue weighted by molar-refractivity contribution is 9.10. The molecule has 1 aromatic rings. The van der Waals surface area contributed by atoms with Gasteiger partial charge in [0.25, 0.3) is 5.91 Å². The van der Waals surface area contributed by atoms with Gasteiger partial charge in [0.2, 0.25) is 10.0 Å². The van der Waals surface area contributed by atoms with Gasteiger partial charge in [-0.25, -0.2) is 12.8 Å². The first-order chi connectivity index (χ1) is 10.3. The lowest BCUT2D eigenvalue weighted by molar-refractivity contribution is 0.0997. The van der Waals surface area contributed by atoms with Crippen LogP contribution in [0, 0.1) is 5.82 Å². The van der Waals surface area contributed by atoms with Crippen LogP contribution in [-0.4, -0.2) is 50.6 Å². The number of hydrogen-bond donors (Lipinski definition) is 1. The highest BCUT2D eigenvalue weighted by Gasteiger charge is 2.28. The van der Waals surface area contributed by atoms with E-state index in [1.807, 2.05) is 0 Å². The van der Waals surface area contributed by atoms with E-state index in [1.165, 1.54) is 10.4 Å². The zero-order chi connectivity index (χ0) is 16.5. The number of carbonyl (C=O) groups excluding carboxylic acids is 1. The lowest BCUT2D eigenvalue weighted by Gasteiger charge is -2.36. The molecule has 22 heavy (non-hydrogen) atoms. The summed E-state index contributed by atoms with van der Waals surface area (Å²) in [4.78, 5) is 13.3. The Morgan fingerprint density at radius 1 is 1.32 bits per heavy atom. The molecule has 0 unspecified atom stereocenters. The molecular weight excluding hydrogens is 377 g/mol. The average Bonchev–Trinajstić information content (AvgIpc) is 2.46. The van der Waals surface area contributed by atoms with Gasteiger partial charge < -0.3 is 10.6 Å². The Kier molecular flexibility index (Phi) is 5.08. The van der Waals surface area contributed by atoms with Crippen molar-refractivity contribution in [2.75, 3.05) is 36.8 Å². The minimum Gasteiger partial charge on any atom is -0.368 e. The smallest absolute Gasteiger partial charge is 0.253 e. The number of nitrogens with two attached hydrogens (primary N) is 1. The lowest BCUT2D eigenvalue weighted by Crippen LogP contribution is -2.49. The van der Waals surface area contributed by atoms with Crippen LogP contribution in [0.1, 0.15) is 17.3 Å². The molecule has 1 amide bonds. The first-order valence-electron chi connectivity index (χ1n) is 6.78. The van der Waals surface area contributed by atoms with Gasteiger partial charge in [-0.05, 0) is 19.1 Å². The fourth-order valence-corrected chi connectivity index (χ4v) is 3.95. The van der Waals surface area contributed by atoms with Gasteiger partial charge in [-0.1, -0.05) is 15.9 Å². The van der Waals surface area contributed by atoms with Crippen LogP contribution in [0.5, 0.6) is 0 Å². The molecule has 122 valence electrons. The van der Waals surface area contributed by atoms with E-state index in [0.29, 0.717) is 36.3 Å². The Balaban J connectivity index is 2.27. The number of benzene rings is 1. The van der Waals surface area contributed by atoms with Crippen LogP contribution in [-0.2, 0) is 10.0 Å². The van der Waals surface area contributed by atoms with Crippen molar-refractivity contribution in [3.63, 3.8) is 0 Å². The Bertz CT molecular complexity index is 688. The normalized spacial score (nSPS) is 16.8. The molecule has 0 aliphatic carbocycles. The zero-order valence-corrected chi connectivity index (χ0v) is 14.5. The second kappa shape index (κ2) is 6.51. The molecular formula is C13H17BrFN3O3S.